The maximum absolute atomic E-state index is 13.1. The lowest BCUT2D eigenvalue weighted by molar-refractivity contribution is -0.117. The fourth-order valence-corrected chi connectivity index (χ4v) is 4.52. The number of anilines is 1. The van der Waals surface area contributed by atoms with Gasteiger partial charge in [-0.25, -0.2) is 8.78 Å². The molecule has 30 heavy (non-hydrogen) atoms. The quantitative estimate of drug-likeness (QED) is 0.624. The van der Waals surface area contributed by atoms with Crippen molar-refractivity contribution in [1.82, 2.24) is 15.1 Å². The van der Waals surface area contributed by atoms with E-state index in [0.29, 0.717) is 25.7 Å². The molecule has 1 aromatic rings. The molecule has 3 fully saturated rings. The molecule has 3 aliphatic rings. The number of carbonyl (C=O) groups excluding carboxylic acids is 2. The highest BCUT2D eigenvalue weighted by Crippen LogP contribution is 2.41. The number of primary amides is 1. The van der Waals surface area contributed by atoms with Gasteiger partial charge in [-0.2, -0.15) is 10.4 Å². The molecule has 162 valence electrons. The van der Waals surface area contributed by atoms with Crippen LogP contribution in [0.1, 0.15) is 68.1 Å². The van der Waals surface area contributed by atoms with Crippen molar-refractivity contribution in [2.45, 2.75) is 81.3 Å². The number of amides is 2. The van der Waals surface area contributed by atoms with Gasteiger partial charge in [0.2, 0.25) is 5.91 Å². The summed E-state index contributed by atoms with van der Waals surface area (Å²) in [5, 5.41) is 19.9. The van der Waals surface area contributed by atoms with Crippen molar-refractivity contribution in [3.63, 3.8) is 0 Å². The summed E-state index contributed by atoms with van der Waals surface area (Å²) in [6.07, 6.45) is 5.72. The Balaban J connectivity index is 1.48. The Bertz CT molecular complexity index is 872. The maximum Gasteiger partial charge on any atom is 0.254 e. The highest BCUT2D eigenvalue weighted by atomic mass is 19.3. The Morgan fingerprint density at radius 1 is 1.23 bits per heavy atom. The number of aromatic nitrogens is 2. The van der Waals surface area contributed by atoms with Crippen LogP contribution >= 0.6 is 0 Å². The Morgan fingerprint density at radius 2 is 1.90 bits per heavy atom. The minimum Gasteiger partial charge on any atom is -0.365 e. The topological polar surface area (TPSA) is 126 Å². The van der Waals surface area contributed by atoms with Gasteiger partial charge in [0.15, 0.2) is 5.82 Å². The van der Waals surface area contributed by atoms with E-state index in [0.717, 1.165) is 12.8 Å². The fraction of sp³-hybridized carbons (Fsp3) is 0.700. The first kappa shape index (κ1) is 20.7. The van der Waals surface area contributed by atoms with E-state index in [2.05, 4.69) is 21.8 Å². The number of nitrogens with two attached hydrogens (primary N) is 1. The maximum atomic E-state index is 13.1. The first-order valence-corrected chi connectivity index (χ1v) is 10.4. The van der Waals surface area contributed by atoms with Crippen LogP contribution in [0.4, 0.5) is 14.6 Å². The predicted molar refractivity (Wildman–Crippen MR) is 104 cm³/mol. The van der Waals surface area contributed by atoms with E-state index in [1.54, 1.807) is 4.68 Å². The van der Waals surface area contributed by atoms with Gasteiger partial charge in [-0.15, -0.1) is 0 Å². The summed E-state index contributed by atoms with van der Waals surface area (Å²) in [6, 6.07) is 2.15. The predicted octanol–water partition coefficient (Wildman–Crippen LogP) is 2.27. The van der Waals surface area contributed by atoms with E-state index in [-0.39, 0.29) is 54.6 Å². The second-order valence-corrected chi connectivity index (χ2v) is 8.93. The van der Waals surface area contributed by atoms with Crippen molar-refractivity contribution in [3.8, 4) is 6.07 Å². The number of alkyl halides is 2. The molecule has 3 saturated carbocycles. The smallest absolute Gasteiger partial charge is 0.254 e. The average molecular weight is 420 g/mol. The summed E-state index contributed by atoms with van der Waals surface area (Å²) < 4.78 is 27.8. The van der Waals surface area contributed by atoms with Crippen LogP contribution in [0.3, 0.4) is 0 Å². The number of nitriles is 1. The molecule has 0 bridgehead atoms. The molecule has 0 unspecified atom stereocenters. The molecule has 1 aromatic heterocycles. The van der Waals surface area contributed by atoms with Crippen LogP contribution in [0.2, 0.25) is 0 Å². The van der Waals surface area contributed by atoms with Crippen LogP contribution in [0.15, 0.2) is 6.20 Å². The number of hydrogen-bond donors (Lipinski definition) is 3. The lowest BCUT2D eigenvalue weighted by atomic mass is 9.76. The van der Waals surface area contributed by atoms with E-state index < -0.39 is 17.4 Å². The summed E-state index contributed by atoms with van der Waals surface area (Å²) in [7, 11) is 0. The van der Waals surface area contributed by atoms with Crippen molar-refractivity contribution in [2.75, 3.05) is 5.32 Å². The van der Waals surface area contributed by atoms with Crippen molar-refractivity contribution >= 4 is 17.6 Å². The van der Waals surface area contributed by atoms with E-state index in [4.69, 9.17) is 5.73 Å². The molecule has 4 N–H and O–H groups in total. The molecule has 8 nitrogen and oxygen atoms in total. The fourth-order valence-electron chi connectivity index (χ4n) is 4.52. The van der Waals surface area contributed by atoms with Crippen LogP contribution in [0.5, 0.6) is 0 Å². The third-order valence-electron chi connectivity index (χ3n) is 6.54. The van der Waals surface area contributed by atoms with E-state index in [1.165, 1.54) is 6.20 Å². The van der Waals surface area contributed by atoms with Gasteiger partial charge in [-0.05, 0) is 38.5 Å². The highest BCUT2D eigenvalue weighted by molar-refractivity contribution is 6.02. The molecule has 4 rings (SSSR count). The Kier molecular flexibility index (Phi) is 5.26. The van der Waals surface area contributed by atoms with E-state index in [1.807, 2.05) is 0 Å². The minimum atomic E-state index is -2.56. The Labute approximate surface area is 173 Å². The van der Waals surface area contributed by atoms with E-state index >= 15 is 0 Å². The zero-order valence-corrected chi connectivity index (χ0v) is 16.7. The molecule has 10 heteroatoms. The Morgan fingerprint density at radius 3 is 2.43 bits per heavy atom. The molecular formula is C20H26F2N6O2. The third kappa shape index (κ3) is 4.17. The number of nitrogens with one attached hydrogen (secondary N) is 2. The van der Waals surface area contributed by atoms with Crippen LogP contribution in [-0.2, 0) is 10.3 Å². The molecule has 0 spiro atoms. The first-order chi connectivity index (χ1) is 14.2. The van der Waals surface area contributed by atoms with Gasteiger partial charge in [-0.1, -0.05) is 0 Å². The second-order valence-electron chi connectivity index (χ2n) is 8.93. The normalized spacial score (nSPS) is 28.4. The lowest BCUT2D eigenvalue weighted by Gasteiger charge is -2.43. The molecular weight excluding hydrogens is 394 g/mol. The van der Waals surface area contributed by atoms with Crippen molar-refractivity contribution in [2.24, 2.45) is 11.7 Å². The van der Waals surface area contributed by atoms with Gasteiger partial charge in [0.1, 0.15) is 5.56 Å². The summed E-state index contributed by atoms with van der Waals surface area (Å²) in [4.78, 5) is 24.0. The van der Waals surface area contributed by atoms with Gasteiger partial charge in [0.05, 0.1) is 18.0 Å². The molecule has 1 heterocycles. The second kappa shape index (κ2) is 7.61. The Hall–Kier alpha value is -2.54. The molecule has 2 amide bonds. The van der Waals surface area contributed by atoms with E-state index in [9.17, 15) is 23.6 Å². The van der Waals surface area contributed by atoms with Crippen molar-refractivity contribution < 1.29 is 18.4 Å². The van der Waals surface area contributed by atoms with Crippen LogP contribution < -0.4 is 16.4 Å². The largest absolute Gasteiger partial charge is 0.365 e. The number of hydrogen-bond acceptors (Lipinski definition) is 5. The van der Waals surface area contributed by atoms with Crippen LogP contribution in [-0.4, -0.2) is 39.6 Å². The van der Waals surface area contributed by atoms with Gasteiger partial charge in [0, 0.05) is 37.0 Å². The van der Waals surface area contributed by atoms with Gasteiger partial charge < -0.3 is 16.4 Å². The zero-order valence-electron chi connectivity index (χ0n) is 16.7. The first-order valence-electron chi connectivity index (χ1n) is 10.4. The minimum absolute atomic E-state index is 0.0515. The highest BCUT2D eigenvalue weighted by Gasteiger charge is 2.47. The lowest BCUT2D eigenvalue weighted by Crippen LogP contribution is -2.53. The summed E-state index contributed by atoms with van der Waals surface area (Å²) in [5.74, 6) is -3.35. The van der Waals surface area contributed by atoms with Gasteiger partial charge in [0.25, 0.3) is 11.8 Å². The molecule has 0 aromatic carbocycles. The standard InChI is InChI=1S/C20H26F2N6O2/c21-20(22)9-14(10-20)25-13-3-5-19(6-4-13,7-8-23)28-11-15(16(24)29)17(27-28)26-18(30)12-1-2-12/h11-14,25H,1-7,9-10H2,(H2,24,29)(H,26,27,30)/t13-,19-. The number of nitrogens with zero attached hydrogens (tertiary/aromatic N) is 3. The van der Waals surface area contributed by atoms with Crippen LogP contribution in [0.25, 0.3) is 0 Å². The number of halogens is 2. The zero-order chi connectivity index (χ0) is 21.5. The number of carbonyl (C=O) groups is 2. The molecule has 3 aliphatic carbocycles. The molecule has 0 aliphatic heterocycles. The SMILES string of the molecule is N#CC[C@]1(n2cc(C(N)=O)c(NC(=O)C3CC3)n2)CC[C@H](NC2CC(F)(F)C2)CC1. The van der Waals surface area contributed by atoms with Crippen molar-refractivity contribution in [3.05, 3.63) is 11.8 Å². The van der Waals surface area contributed by atoms with Gasteiger partial charge >= 0.3 is 0 Å². The molecule has 0 radical (unpaired) electrons. The average Bonchev–Trinajstić information content (AvgIpc) is 3.42. The summed E-state index contributed by atoms with van der Waals surface area (Å²) in [6.45, 7) is 0. The van der Waals surface area contributed by atoms with Crippen molar-refractivity contribution in [1.29, 1.82) is 5.26 Å². The summed E-state index contributed by atoms with van der Waals surface area (Å²) >= 11 is 0. The number of rotatable bonds is 7. The monoisotopic (exact) mass is 420 g/mol. The van der Waals surface area contributed by atoms with Gasteiger partial charge in [-0.3, -0.25) is 14.3 Å². The summed E-state index contributed by atoms with van der Waals surface area (Å²) in [5.41, 5.74) is 4.98. The van der Waals surface area contributed by atoms with Crippen LogP contribution in [0, 0.1) is 17.2 Å². The molecule has 0 saturated heterocycles. The molecule has 0 atom stereocenters. The third-order valence-corrected chi connectivity index (χ3v) is 6.54.